The molecule has 0 fully saturated rings. The van der Waals surface area contributed by atoms with E-state index >= 15 is 0 Å². The third-order valence-electron chi connectivity index (χ3n) is 4.55. The fraction of sp³-hybridized carbons (Fsp3) is 0.238. The lowest BCUT2D eigenvalue weighted by Gasteiger charge is -2.11. The van der Waals surface area contributed by atoms with E-state index in [1.54, 1.807) is 0 Å². The van der Waals surface area contributed by atoms with E-state index in [0.717, 1.165) is 29.9 Å². The van der Waals surface area contributed by atoms with Crippen LogP contribution in [0, 0.1) is 6.92 Å². The summed E-state index contributed by atoms with van der Waals surface area (Å²) in [6.07, 6.45) is 6.05. The highest BCUT2D eigenvalue weighted by Gasteiger charge is 2.16. The fourth-order valence-electron chi connectivity index (χ4n) is 3.45. The molecule has 0 atom stereocenters. The van der Waals surface area contributed by atoms with Gasteiger partial charge >= 0.3 is 0 Å². The molecule has 4 rings (SSSR count). The van der Waals surface area contributed by atoms with Crippen molar-refractivity contribution >= 4 is 21.8 Å². The minimum Gasteiger partial charge on any atom is -0.339 e. The van der Waals surface area contributed by atoms with E-state index in [4.69, 9.17) is 4.98 Å². The maximum Gasteiger partial charge on any atom is 0.0963 e. The molecule has 0 saturated heterocycles. The van der Waals surface area contributed by atoms with Crippen molar-refractivity contribution < 1.29 is 0 Å². The van der Waals surface area contributed by atoms with Gasteiger partial charge in [0.2, 0.25) is 0 Å². The summed E-state index contributed by atoms with van der Waals surface area (Å²) in [7, 11) is 0. The Morgan fingerprint density at radius 2 is 1.92 bits per heavy atom. The van der Waals surface area contributed by atoms with Gasteiger partial charge in [-0.05, 0) is 37.6 Å². The summed E-state index contributed by atoms with van der Waals surface area (Å²) in [5.41, 5.74) is 5.67. The van der Waals surface area contributed by atoms with Crippen LogP contribution in [0.2, 0.25) is 0 Å². The highest BCUT2D eigenvalue weighted by Crippen LogP contribution is 2.35. The monoisotopic (exact) mass is 315 g/mol. The van der Waals surface area contributed by atoms with Crippen LogP contribution in [0.15, 0.2) is 54.9 Å². The number of nitrogens with zero attached hydrogens (tertiary/aromatic N) is 3. The van der Waals surface area contributed by atoms with E-state index in [1.807, 2.05) is 18.5 Å². The molecule has 0 aliphatic carbocycles. The van der Waals surface area contributed by atoms with Gasteiger partial charge in [-0.25, -0.2) is 0 Å². The van der Waals surface area contributed by atoms with Crippen molar-refractivity contribution in [2.45, 2.75) is 33.2 Å². The van der Waals surface area contributed by atoms with Crippen LogP contribution in [0.4, 0.5) is 0 Å². The predicted molar refractivity (Wildman–Crippen MR) is 100 cm³/mol. The van der Waals surface area contributed by atoms with Crippen molar-refractivity contribution in [2.75, 3.05) is 0 Å². The molecule has 0 unspecified atom stereocenters. The van der Waals surface area contributed by atoms with Gasteiger partial charge < -0.3 is 4.57 Å². The fourth-order valence-corrected chi connectivity index (χ4v) is 3.45. The van der Waals surface area contributed by atoms with Gasteiger partial charge in [-0.1, -0.05) is 31.5 Å². The van der Waals surface area contributed by atoms with Crippen LogP contribution in [0.1, 0.15) is 25.5 Å². The van der Waals surface area contributed by atoms with E-state index in [2.05, 4.69) is 59.8 Å². The Morgan fingerprint density at radius 1 is 1.04 bits per heavy atom. The minimum absolute atomic E-state index is 1.01. The zero-order chi connectivity index (χ0) is 16.5. The Balaban J connectivity index is 2.12. The first-order chi connectivity index (χ1) is 11.8. The van der Waals surface area contributed by atoms with Gasteiger partial charge in [0.1, 0.15) is 0 Å². The smallest absolute Gasteiger partial charge is 0.0963 e. The highest BCUT2D eigenvalue weighted by atomic mass is 15.0. The van der Waals surface area contributed by atoms with Crippen LogP contribution in [0.3, 0.4) is 0 Å². The van der Waals surface area contributed by atoms with E-state index in [1.165, 1.54) is 28.2 Å². The lowest BCUT2D eigenvalue weighted by atomic mass is 10.1. The Kier molecular flexibility index (Phi) is 3.77. The Morgan fingerprint density at radius 3 is 2.71 bits per heavy atom. The number of benzene rings is 1. The topological polar surface area (TPSA) is 30.7 Å². The second kappa shape index (κ2) is 6.08. The van der Waals surface area contributed by atoms with Gasteiger partial charge in [-0.2, -0.15) is 0 Å². The van der Waals surface area contributed by atoms with E-state index in [0.29, 0.717) is 0 Å². The molecule has 0 aliphatic heterocycles. The molecule has 120 valence electrons. The summed E-state index contributed by atoms with van der Waals surface area (Å²) in [5, 5.41) is 2.59. The Labute approximate surface area is 142 Å². The second-order valence-electron chi connectivity index (χ2n) is 6.27. The first-order valence-corrected chi connectivity index (χ1v) is 8.58. The number of aromatic nitrogens is 3. The first-order valence-electron chi connectivity index (χ1n) is 8.58. The number of unbranched alkanes of at least 4 members (excludes halogenated alkanes) is 1. The third-order valence-corrected chi connectivity index (χ3v) is 4.55. The van der Waals surface area contributed by atoms with E-state index in [9.17, 15) is 0 Å². The van der Waals surface area contributed by atoms with Crippen LogP contribution >= 0.6 is 0 Å². The molecule has 0 saturated carbocycles. The normalized spacial score (nSPS) is 11.4. The number of pyridine rings is 2. The standard InChI is InChI=1S/C21H21N3/c1-3-4-12-24-19-10-6-5-9-17(19)18-13-15(2)23-20(21(18)24)16-8-7-11-22-14-16/h5-11,13-14H,3-4,12H2,1-2H3. The summed E-state index contributed by atoms with van der Waals surface area (Å²) in [6, 6.07) is 14.9. The summed E-state index contributed by atoms with van der Waals surface area (Å²) in [6.45, 7) is 5.31. The zero-order valence-electron chi connectivity index (χ0n) is 14.2. The molecular weight excluding hydrogens is 294 g/mol. The van der Waals surface area contributed by atoms with Crippen LogP contribution in [-0.2, 0) is 6.54 Å². The van der Waals surface area contributed by atoms with E-state index < -0.39 is 0 Å². The lowest BCUT2D eigenvalue weighted by molar-refractivity contribution is 0.664. The predicted octanol–water partition coefficient (Wildman–Crippen LogP) is 5.36. The summed E-state index contributed by atoms with van der Waals surface area (Å²) in [5.74, 6) is 0. The van der Waals surface area contributed by atoms with E-state index in [-0.39, 0.29) is 0 Å². The molecule has 0 radical (unpaired) electrons. The minimum atomic E-state index is 1.01. The number of hydrogen-bond donors (Lipinski definition) is 0. The molecule has 0 amide bonds. The highest BCUT2D eigenvalue weighted by molar-refractivity contribution is 6.12. The molecule has 3 heterocycles. The number of rotatable bonds is 4. The lowest BCUT2D eigenvalue weighted by Crippen LogP contribution is -2.00. The SMILES string of the molecule is CCCCn1c2ccccc2c2cc(C)nc(-c3cccnc3)c21. The molecule has 24 heavy (non-hydrogen) atoms. The molecule has 4 aromatic rings. The van der Waals surface area contributed by atoms with Crippen LogP contribution < -0.4 is 0 Å². The van der Waals surface area contributed by atoms with Gasteiger partial charge in [-0.15, -0.1) is 0 Å². The number of fused-ring (bicyclic) bond motifs is 3. The largest absolute Gasteiger partial charge is 0.339 e. The Hall–Kier alpha value is -2.68. The van der Waals surface area contributed by atoms with Crippen molar-refractivity contribution in [3.05, 3.63) is 60.6 Å². The number of hydrogen-bond acceptors (Lipinski definition) is 2. The van der Waals surface area contributed by atoms with Crippen molar-refractivity contribution in [3.8, 4) is 11.3 Å². The molecule has 0 spiro atoms. The molecule has 0 aliphatic rings. The second-order valence-corrected chi connectivity index (χ2v) is 6.27. The van der Waals surface area contributed by atoms with Crippen molar-refractivity contribution in [3.63, 3.8) is 0 Å². The molecule has 3 heteroatoms. The van der Waals surface area contributed by atoms with Gasteiger partial charge in [-0.3, -0.25) is 9.97 Å². The molecular formula is C21H21N3. The molecule has 3 aromatic heterocycles. The maximum atomic E-state index is 4.87. The average Bonchev–Trinajstić information content (AvgIpc) is 2.94. The third kappa shape index (κ3) is 2.37. The van der Waals surface area contributed by atoms with Crippen molar-refractivity contribution in [2.24, 2.45) is 0 Å². The average molecular weight is 315 g/mol. The number of aryl methyl sites for hydroxylation is 2. The Bertz CT molecular complexity index is 1000. The first kappa shape index (κ1) is 14.9. The zero-order valence-corrected chi connectivity index (χ0v) is 14.2. The van der Waals surface area contributed by atoms with Crippen molar-refractivity contribution in [1.29, 1.82) is 0 Å². The van der Waals surface area contributed by atoms with Crippen LogP contribution in [-0.4, -0.2) is 14.5 Å². The van der Waals surface area contributed by atoms with Gasteiger partial charge in [0.25, 0.3) is 0 Å². The maximum absolute atomic E-state index is 4.87. The molecule has 3 nitrogen and oxygen atoms in total. The molecule has 0 bridgehead atoms. The van der Waals surface area contributed by atoms with Crippen molar-refractivity contribution in [1.82, 2.24) is 14.5 Å². The van der Waals surface area contributed by atoms with Gasteiger partial charge in [0.15, 0.2) is 0 Å². The summed E-state index contributed by atoms with van der Waals surface area (Å²) in [4.78, 5) is 9.17. The van der Waals surface area contributed by atoms with Crippen LogP contribution in [0.25, 0.3) is 33.1 Å². The molecule has 0 N–H and O–H groups in total. The number of para-hydroxylation sites is 1. The quantitative estimate of drug-likeness (QED) is 0.507. The van der Waals surface area contributed by atoms with Gasteiger partial charge in [0, 0.05) is 46.5 Å². The molecule has 1 aromatic carbocycles. The van der Waals surface area contributed by atoms with Gasteiger partial charge in [0.05, 0.1) is 11.2 Å². The summed E-state index contributed by atoms with van der Waals surface area (Å²) < 4.78 is 2.43. The summed E-state index contributed by atoms with van der Waals surface area (Å²) >= 11 is 0. The van der Waals surface area contributed by atoms with Crippen LogP contribution in [0.5, 0.6) is 0 Å².